The van der Waals surface area contributed by atoms with E-state index in [1.54, 1.807) is 47.7 Å². The second-order valence-corrected chi connectivity index (χ2v) is 5.86. The highest BCUT2D eigenvalue weighted by Crippen LogP contribution is 2.18. The number of ether oxygens (including phenoxy) is 1. The number of thiophene rings is 1. The number of hydrogen-bond donors (Lipinski definition) is 1. The van der Waals surface area contributed by atoms with E-state index in [-0.39, 0.29) is 11.6 Å². The Morgan fingerprint density at radius 1 is 1.04 bits per heavy atom. The van der Waals surface area contributed by atoms with Crippen LogP contribution in [0.2, 0.25) is 0 Å². The number of nitrogens with one attached hydrogen (secondary N) is 1. The highest BCUT2D eigenvalue weighted by atomic mass is 32.1. The van der Waals surface area contributed by atoms with E-state index in [1.807, 2.05) is 17.5 Å². The molecule has 2 aromatic carbocycles. The van der Waals surface area contributed by atoms with Gasteiger partial charge in [0.25, 0.3) is 5.91 Å². The lowest BCUT2D eigenvalue weighted by Gasteiger charge is -2.08. The molecule has 0 saturated heterocycles. The summed E-state index contributed by atoms with van der Waals surface area (Å²) in [5.74, 6) is -0.141. The van der Waals surface area contributed by atoms with Crippen molar-refractivity contribution < 1.29 is 13.9 Å². The van der Waals surface area contributed by atoms with E-state index in [4.69, 9.17) is 4.74 Å². The molecule has 1 heterocycles. The van der Waals surface area contributed by atoms with Crippen LogP contribution >= 0.6 is 11.3 Å². The van der Waals surface area contributed by atoms with Crippen molar-refractivity contribution in [3.05, 3.63) is 82.3 Å². The number of hydrogen-bond acceptors (Lipinski definition) is 3. The molecule has 3 rings (SSSR count). The topological polar surface area (TPSA) is 38.3 Å². The molecule has 0 aliphatic heterocycles. The second kappa shape index (κ2) is 7.07. The molecule has 5 heteroatoms. The van der Waals surface area contributed by atoms with Crippen molar-refractivity contribution in [2.45, 2.75) is 6.61 Å². The summed E-state index contributed by atoms with van der Waals surface area (Å²) in [7, 11) is 0. The van der Waals surface area contributed by atoms with E-state index in [1.165, 1.54) is 12.1 Å². The summed E-state index contributed by atoms with van der Waals surface area (Å²) >= 11 is 1.63. The molecule has 3 aromatic rings. The largest absolute Gasteiger partial charge is 0.488 e. The highest BCUT2D eigenvalue weighted by molar-refractivity contribution is 7.09. The predicted molar refractivity (Wildman–Crippen MR) is 89.4 cm³/mol. The third-order valence-corrected chi connectivity index (χ3v) is 4.05. The Hall–Kier alpha value is -2.66. The number of halogens is 1. The standard InChI is InChI=1S/C18H14FNO2S/c19-16-5-1-2-6-17(16)20-18(21)13-7-9-14(10-8-13)22-12-15-4-3-11-23-15/h1-11H,12H2,(H,20,21). The van der Waals surface area contributed by atoms with Gasteiger partial charge < -0.3 is 10.1 Å². The summed E-state index contributed by atoms with van der Waals surface area (Å²) in [5.41, 5.74) is 0.604. The number of benzene rings is 2. The van der Waals surface area contributed by atoms with Crippen LogP contribution in [0.4, 0.5) is 10.1 Å². The predicted octanol–water partition coefficient (Wildman–Crippen LogP) is 4.72. The molecule has 0 spiro atoms. The van der Waals surface area contributed by atoms with Gasteiger partial charge in [0, 0.05) is 10.4 Å². The first-order valence-corrected chi connectivity index (χ1v) is 7.91. The van der Waals surface area contributed by atoms with E-state index in [9.17, 15) is 9.18 Å². The first-order chi connectivity index (χ1) is 11.2. The molecule has 0 unspecified atom stereocenters. The Kier molecular flexibility index (Phi) is 4.68. The Bertz CT molecular complexity index is 785. The molecule has 0 saturated carbocycles. The average molecular weight is 327 g/mol. The fraction of sp³-hybridized carbons (Fsp3) is 0.0556. The van der Waals surface area contributed by atoms with Crippen molar-refractivity contribution in [2.24, 2.45) is 0 Å². The van der Waals surface area contributed by atoms with Gasteiger partial charge in [-0.3, -0.25) is 4.79 Å². The van der Waals surface area contributed by atoms with Gasteiger partial charge in [0.1, 0.15) is 18.2 Å². The van der Waals surface area contributed by atoms with Gasteiger partial charge in [0.2, 0.25) is 0 Å². The van der Waals surface area contributed by atoms with Crippen molar-refractivity contribution >= 4 is 22.9 Å². The zero-order chi connectivity index (χ0) is 16.1. The lowest BCUT2D eigenvalue weighted by Crippen LogP contribution is -2.12. The van der Waals surface area contributed by atoms with E-state index >= 15 is 0 Å². The van der Waals surface area contributed by atoms with Gasteiger partial charge in [-0.05, 0) is 47.8 Å². The molecule has 23 heavy (non-hydrogen) atoms. The molecule has 1 N–H and O–H groups in total. The lowest BCUT2D eigenvalue weighted by molar-refractivity contribution is 0.102. The van der Waals surface area contributed by atoms with Crippen molar-refractivity contribution in [3.8, 4) is 5.75 Å². The van der Waals surface area contributed by atoms with Crippen LogP contribution in [0.15, 0.2) is 66.0 Å². The molecular weight excluding hydrogens is 313 g/mol. The van der Waals surface area contributed by atoms with Crippen LogP contribution in [0.5, 0.6) is 5.75 Å². The van der Waals surface area contributed by atoms with E-state index < -0.39 is 5.82 Å². The quantitative estimate of drug-likeness (QED) is 0.736. The molecule has 0 radical (unpaired) electrons. The average Bonchev–Trinajstić information content (AvgIpc) is 3.09. The molecule has 0 bridgehead atoms. The van der Waals surface area contributed by atoms with Gasteiger partial charge in [0.05, 0.1) is 5.69 Å². The molecule has 0 aliphatic rings. The molecule has 3 nitrogen and oxygen atoms in total. The van der Waals surface area contributed by atoms with Crippen LogP contribution in [-0.4, -0.2) is 5.91 Å². The monoisotopic (exact) mass is 327 g/mol. The Morgan fingerprint density at radius 2 is 1.83 bits per heavy atom. The minimum atomic E-state index is -0.461. The maximum Gasteiger partial charge on any atom is 0.255 e. The van der Waals surface area contributed by atoms with Gasteiger partial charge >= 0.3 is 0 Å². The molecule has 0 aliphatic carbocycles. The SMILES string of the molecule is O=C(Nc1ccccc1F)c1ccc(OCc2cccs2)cc1. The molecule has 116 valence electrons. The number of carbonyl (C=O) groups excluding carboxylic acids is 1. The first-order valence-electron chi connectivity index (χ1n) is 7.03. The molecule has 1 aromatic heterocycles. The van der Waals surface area contributed by atoms with Crippen LogP contribution in [-0.2, 0) is 6.61 Å². The normalized spacial score (nSPS) is 10.3. The van der Waals surface area contributed by atoms with Crippen LogP contribution in [0.3, 0.4) is 0 Å². The molecular formula is C18H14FNO2S. The zero-order valence-electron chi connectivity index (χ0n) is 12.2. The third kappa shape index (κ3) is 3.96. The van der Waals surface area contributed by atoms with E-state index in [0.717, 1.165) is 4.88 Å². The highest BCUT2D eigenvalue weighted by Gasteiger charge is 2.09. The van der Waals surface area contributed by atoms with Gasteiger partial charge in [-0.25, -0.2) is 4.39 Å². The minimum Gasteiger partial charge on any atom is -0.488 e. The summed E-state index contributed by atoms with van der Waals surface area (Å²) in [5, 5.41) is 4.54. The minimum absolute atomic E-state index is 0.163. The molecule has 0 atom stereocenters. The number of anilines is 1. The number of rotatable bonds is 5. The van der Waals surface area contributed by atoms with Crippen LogP contribution in [0, 0.1) is 5.82 Å². The van der Waals surface area contributed by atoms with E-state index in [0.29, 0.717) is 17.9 Å². The van der Waals surface area contributed by atoms with Crippen molar-refractivity contribution in [2.75, 3.05) is 5.32 Å². The van der Waals surface area contributed by atoms with Gasteiger partial charge in [-0.15, -0.1) is 11.3 Å². The first kappa shape index (κ1) is 15.2. The fourth-order valence-corrected chi connectivity index (χ4v) is 2.62. The maximum absolute atomic E-state index is 13.5. The molecule has 0 fully saturated rings. The second-order valence-electron chi connectivity index (χ2n) is 4.83. The zero-order valence-corrected chi connectivity index (χ0v) is 13.0. The Balaban J connectivity index is 1.62. The van der Waals surface area contributed by atoms with Crippen molar-refractivity contribution in [1.82, 2.24) is 0 Å². The summed E-state index contributed by atoms with van der Waals surface area (Å²) in [6.07, 6.45) is 0. The van der Waals surface area contributed by atoms with E-state index in [2.05, 4.69) is 5.32 Å². The van der Waals surface area contributed by atoms with Gasteiger partial charge in [-0.2, -0.15) is 0 Å². The number of para-hydroxylation sites is 1. The fourth-order valence-electron chi connectivity index (χ4n) is 2.01. The number of amides is 1. The molecule has 1 amide bonds. The summed E-state index contributed by atoms with van der Waals surface area (Å²) in [6.45, 7) is 0.498. The third-order valence-electron chi connectivity index (χ3n) is 3.20. The van der Waals surface area contributed by atoms with Gasteiger partial charge in [0.15, 0.2) is 0 Å². The van der Waals surface area contributed by atoms with Crippen molar-refractivity contribution in [3.63, 3.8) is 0 Å². The van der Waals surface area contributed by atoms with Gasteiger partial charge in [-0.1, -0.05) is 18.2 Å². The maximum atomic E-state index is 13.5. The Morgan fingerprint density at radius 3 is 2.52 bits per heavy atom. The van der Waals surface area contributed by atoms with Crippen LogP contribution in [0.25, 0.3) is 0 Å². The van der Waals surface area contributed by atoms with Crippen molar-refractivity contribution in [1.29, 1.82) is 0 Å². The summed E-state index contributed by atoms with van der Waals surface area (Å²) < 4.78 is 19.2. The van der Waals surface area contributed by atoms with Crippen LogP contribution in [0.1, 0.15) is 15.2 Å². The lowest BCUT2D eigenvalue weighted by atomic mass is 10.2. The Labute approximate surface area is 137 Å². The van der Waals surface area contributed by atoms with Crippen LogP contribution < -0.4 is 10.1 Å². The summed E-state index contributed by atoms with van der Waals surface area (Å²) in [6, 6.07) is 16.8. The summed E-state index contributed by atoms with van der Waals surface area (Å²) in [4.78, 5) is 13.2. The number of carbonyl (C=O) groups is 1. The smallest absolute Gasteiger partial charge is 0.255 e.